The molecule has 1 N–H and O–H groups in total. The fourth-order valence-corrected chi connectivity index (χ4v) is 1.46. The number of aliphatic hydroxyl groups is 1. The van der Waals surface area contributed by atoms with Gasteiger partial charge in [0.05, 0.1) is 13.0 Å². The lowest BCUT2D eigenvalue weighted by Gasteiger charge is -2.20. The van der Waals surface area contributed by atoms with Gasteiger partial charge in [-0.05, 0) is 26.4 Å². The van der Waals surface area contributed by atoms with E-state index in [4.69, 9.17) is 9.84 Å². The predicted octanol–water partition coefficient (Wildman–Crippen LogP) is 0.890. The van der Waals surface area contributed by atoms with Crippen LogP contribution in [0, 0.1) is 5.92 Å². The number of hydrogen-bond acceptors (Lipinski definition) is 4. The Morgan fingerprint density at radius 3 is 2.60 bits per heavy atom. The van der Waals surface area contributed by atoms with Crippen molar-refractivity contribution in [1.82, 2.24) is 4.90 Å². The summed E-state index contributed by atoms with van der Waals surface area (Å²) < 4.78 is 4.76. The van der Waals surface area contributed by atoms with Gasteiger partial charge in [-0.25, -0.2) is 0 Å². The van der Waals surface area contributed by atoms with E-state index in [2.05, 4.69) is 11.8 Å². The molecule has 0 saturated heterocycles. The molecule has 0 spiro atoms. The molecule has 0 fully saturated rings. The Kier molecular flexibility index (Phi) is 8.33. The zero-order chi connectivity index (χ0) is 11.7. The van der Waals surface area contributed by atoms with Gasteiger partial charge in [0.1, 0.15) is 0 Å². The fourth-order valence-electron chi connectivity index (χ4n) is 1.46. The van der Waals surface area contributed by atoms with Gasteiger partial charge in [0, 0.05) is 13.2 Å². The van der Waals surface area contributed by atoms with Crippen molar-refractivity contribution >= 4 is 5.97 Å². The van der Waals surface area contributed by atoms with E-state index in [0.29, 0.717) is 0 Å². The summed E-state index contributed by atoms with van der Waals surface area (Å²) in [5.41, 5.74) is 0. The van der Waals surface area contributed by atoms with E-state index in [1.54, 1.807) is 0 Å². The standard InChI is InChI=1S/C11H23NO3/c1-4-12(2)9-10(11(14)15-3)7-5-6-8-13/h10,13H,4-9H2,1-3H3. The quantitative estimate of drug-likeness (QED) is 0.484. The molecule has 1 unspecified atom stereocenters. The highest BCUT2D eigenvalue weighted by molar-refractivity contribution is 5.72. The molecule has 0 aliphatic rings. The second-order valence-corrected chi connectivity index (χ2v) is 3.79. The van der Waals surface area contributed by atoms with Crippen LogP contribution in [0.2, 0.25) is 0 Å². The van der Waals surface area contributed by atoms with Crippen LogP contribution >= 0.6 is 0 Å². The second-order valence-electron chi connectivity index (χ2n) is 3.79. The molecule has 90 valence electrons. The van der Waals surface area contributed by atoms with Gasteiger partial charge in [0.2, 0.25) is 0 Å². The van der Waals surface area contributed by atoms with Crippen molar-refractivity contribution in [3.63, 3.8) is 0 Å². The zero-order valence-electron chi connectivity index (χ0n) is 10.0. The molecule has 0 aromatic heterocycles. The number of aliphatic hydroxyl groups excluding tert-OH is 1. The Labute approximate surface area is 92.2 Å². The van der Waals surface area contributed by atoms with Crippen LogP contribution in [0.25, 0.3) is 0 Å². The summed E-state index contributed by atoms with van der Waals surface area (Å²) in [4.78, 5) is 13.5. The average molecular weight is 217 g/mol. The third kappa shape index (κ3) is 6.47. The monoisotopic (exact) mass is 217 g/mol. The highest BCUT2D eigenvalue weighted by Crippen LogP contribution is 2.11. The Morgan fingerprint density at radius 1 is 1.47 bits per heavy atom. The van der Waals surface area contributed by atoms with Gasteiger partial charge in [-0.1, -0.05) is 13.3 Å². The normalized spacial score (nSPS) is 12.9. The molecule has 0 heterocycles. The van der Waals surface area contributed by atoms with Crippen LogP contribution in [-0.2, 0) is 9.53 Å². The maximum absolute atomic E-state index is 11.4. The molecule has 1 atom stereocenters. The third-order valence-corrected chi connectivity index (χ3v) is 2.57. The molecule has 4 nitrogen and oxygen atoms in total. The van der Waals surface area contributed by atoms with Crippen molar-refractivity contribution in [2.24, 2.45) is 5.92 Å². The van der Waals surface area contributed by atoms with Gasteiger partial charge >= 0.3 is 5.97 Å². The Hall–Kier alpha value is -0.610. The number of nitrogens with zero attached hydrogens (tertiary/aromatic N) is 1. The van der Waals surface area contributed by atoms with Gasteiger partial charge in [-0.2, -0.15) is 0 Å². The minimum Gasteiger partial charge on any atom is -0.469 e. The minimum absolute atomic E-state index is 0.0634. The summed E-state index contributed by atoms with van der Waals surface area (Å²) >= 11 is 0. The lowest BCUT2D eigenvalue weighted by atomic mass is 10.0. The molecular weight excluding hydrogens is 194 g/mol. The van der Waals surface area contributed by atoms with Crippen molar-refractivity contribution in [3.8, 4) is 0 Å². The van der Waals surface area contributed by atoms with Gasteiger partial charge < -0.3 is 14.7 Å². The van der Waals surface area contributed by atoms with Gasteiger partial charge in [0.25, 0.3) is 0 Å². The number of rotatable bonds is 8. The van der Waals surface area contributed by atoms with Gasteiger partial charge in [-0.15, -0.1) is 0 Å². The van der Waals surface area contributed by atoms with Crippen molar-refractivity contribution < 1.29 is 14.6 Å². The van der Waals surface area contributed by atoms with Crippen LogP contribution in [0.4, 0.5) is 0 Å². The number of unbranched alkanes of at least 4 members (excludes halogenated alkanes) is 1. The van der Waals surface area contributed by atoms with Crippen LogP contribution in [0.1, 0.15) is 26.2 Å². The van der Waals surface area contributed by atoms with Crippen LogP contribution < -0.4 is 0 Å². The first-order valence-corrected chi connectivity index (χ1v) is 5.52. The molecule has 0 aromatic rings. The summed E-state index contributed by atoms with van der Waals surface area (Å²) in [5, 5.41) is 8.68. The maximum Gasteiger partial charge on any atom is 0.309 e. The molecule has 4 heteroatoms. The zero-order valence-corrected chi connectivity index (χ0v) is 10.0. The third-order valence-electron chi connectivity index (χ3n) is 2.57. The van der Waals surface area contributed by atoms with Crippen LogP contribution in [0.5, 0.6) is 0 Å². The summed E-state index contributed by atoms with van der Waals surface area (Å²) in [7, 11) is 3.41. The summed E-state index contributed by atoms with van der Waals surface area (Å²) in [6, 6.07) is 0. The van der Waals surface area contributed by atoms with Gasteiger partial charge in [-0.3, -0.25) is 4.79 Å². The SMILES string of the molecule is CCN(C)CC(CCCCO)C(=O)OC. The first-order chi connectivity index (χ1) is 7.15. The topological polar surface area (TPSA) is 49.8 Å². The Morgan fingerprint density at radius 2 is 2.13 bits per heavy atom. The fraction of sp³-hybridized carbons (Fsp3) is 0.909. The average Bonchev–Trinajstić information content (AvgIpc) is 2.26. The number of esters is 1. The molecule has 0 rings (SSSR count). The molecular formula is C11H23NO3. The first-order valence-electron chi connectivity index (χ1n) is 5.52. The van der Waals surface area contributed by atoms with E-state index in [-0.39, 0.29) is 18.5 Å². The highest BCUT2D eigenvalue weighted by atomic mass is 16.5. The predicted molar refractivity (Wildman–Crippen MR) is 59.6 cm³/mol. The van der Waals surface area contributed by atoms with Crippen molar-refractivity contribution in [2.75, 3.05) is 33.9 Å². The molecule has 15 heavy (non-hydrogen) atoms. The molecule has 0 saturated carbocycles. The van der Waals surface area contributed by atoms with E-state index in [0.717, 1.165) is 32.4 Å². The molecule has 0 amide bonds. The van der Waals surface area contributed by atoms with E-state index in [1.165, 1.54) is 7.11 Å². The number of methoxy groups -OCH3 is 1. The molecule has 0 bridgehead atoms. The summed E-state index contributed by atoms with van der Waals surface area (Å²) in [6.45, 7) is 3.90. The summed E-state index contributed by atoms with van der Waals surface area (Å²) in [6.07, 6.45) is 2.41. The van der Waals surface area contributed by atoms with E-state index in [1.807, 2.05) is 7.05 Å². The molecule has 0 radical (unpaired) electrons. The van der Waals surface area contributed by atoms with Gasteiger partial charge in [0.15, 0.2) is 0 Å². The Bertz CT molecular complexity index is 173. The Balaban J connectivity index is 4.00. The van der Waals surface area contributed by atoms with Crippen LogP contribution in [0.15, 0.2) is 0 Å². The van der Waals surface area contributed by atoms with E-state index >= 15 is 0 Å². The summed E-state index contributed by atoms with van der Waals surface area (Å²) in [5.74, 6) is -0.209. The first kappa shape index (κ1) is 14.4. The lowest BCUT2D eigenvalue weighted by Crippen LogP contribution is -2.31. The maximum atomic E-state index is 11.4. The number of carbonyl (C=O) groups excluding carboxylic acids is 1. The molecule has 0 aliphatic carbocycles. The smallest absolute Gasteiger partial charge is 0.309 e. The van der Waals surface area contributed by atoms with E-state index < -0.39 is 0 Å². The molecule has 0 aromatic carbocycles. The van der Waals surface area contributed by atoms with Crippen molar-refractivity contribution in [3.05, 3.63) is 0 Å². The molecule has 0 aliphatic heterocycles. The van der Waals surface area contributed by atoms with E-state index in [9.17, 15) is 4.79 Å². The number of ether oxygens (including phenoxy) is 1. The van der Waals surface area contributed by atoms with Crippen LogP contribution in [-0.4, -0.2) is 49.8 Å². The van der Waals surface area contributed by atoms with Crippen LogP contribution in [0.3, 0.4) is 0 Å². The largest absolute Gasteiger partial charge is 0.469 e. The minimum atomic E-state index is -0.145. The van der Waals surface area contributed by atoms with Crippen molar-refractivity contribution in [2.45, 2.75) is 26.2 Å². The second kappa shape index (κ2) is 8.68. The lowest BCUT2D eigenvalue weighted by molar-refractivity contribution is -0.146. The van der Waals surface area contributed by atoms with Crippen molar-refractivity contribution in [1.29, 1.82) is 0 Å². The number of hydrogen-bond donors (Lipinski definition) is 1. The highest BCUT2D eigenvalue weighted by Gasteiger charge is 2.19. The number of carbonyl (C=O) groups is 1.